The van der Waals surface area contributed by atoms with Crippen LogP contribution < -0.4 is 5.32 Å². The molecule has 2 nitrogen and oxygen atoms in total. The summed E-state index contributed by atoms with van der Waals surface area (Å²) >= 11 is 0. The molecule has 2 heteroatoms. The number of nitrogens with one attached hydrogen (secondary N) is 1. The highest BCUT2D eigenvalue weighted by atomic mass is 16.5. The molecule has 100 valence electrons. The Kier molecular flexibility index (Phi) is 4.87. The van der Waals surface area contributed by atoms with Crippen molar-refractivity contribution in [3.63, 3.8) is 0 Å². The highest BCUT2D eigenvalue weighted by Crippen LogP contribution is 2.35. The zero-order valence-electron chi connectivity index (χ0n) is 11.6. The van der Waals surface area contributed by atoms with Gasteiger partial charge in [-0.2, -0.15) is 0 Å². The molecule has 0 atom stereocenters. The van der Waals surface area contributed by atoms with Gasteiger partial charge >= 0.3 is 0 Å². The minimum Gasteiger partial charge on any atom is -0.373 e. The smallest absolute Gasteiger partial charge is 0.0806 e. The lowest BCUT2D eigenvalue weighted by Gasteiger charge is -2.34. The summed E-state index contributed by atoms with van der Waals surface area (Å²) in [6.45, 7) is 6.52. The molecule has 1 N–H and O–H groups in total. The van der Waals surface area contributed by atoms with E-state index in [0.29, 0.717) is 6.04 Å². The van der Waals surface area contributed by atoms with Crippen LogP contribution in [0.15, 0.2) is 0 Å². The third-order valence-corrected chi connectivity index (χ3v) is 4.17. The highest BCUT2D eigenvalue weighted by molar-refractivity contribution is 4.87. The van der Waals surface area contributed by atoms with Gasteiger partial charge in [-0.3, -0.25) is 0 Å². The zero-order chi connectivity index (χ0) is 12.1. The second-order valence-electron chi connectivity index (χ2n) is 6.39. The van der Waals surface area contributed by atoms with Gasteiger partial charge in [-0.15, -0.1) is 0 Å². The minimum atomic E-state index is 0.156. The van der Waals surface area contributed by atoms with E-state index in [1.807, 2.05) is 0 Å². The highest BCUT2D eigenvalue weighted by Gasteiger charge is 2.34. The first-order chi connectivity index (χ1) is 8.20. The van der Waals surface area contributed by atoms with Crippen molar-refractivity contribution in [2.45, 2.75) is 76.9 Å². The zero-order valence-corrected chi connectivity index (χ0v) is 11.6. The van der Waals surface area contributed by atoms with Gasteiger partial charge in [0.15, 0.2) is 0 Å². The van der Waals surface area contributed by atoms with Crippen molar-refractivity contribution in [3.05, 3.63) is 0 Å². The Morgan fingerprint density at radius 2 is 1.76 bits per heavy atom. The second-order valence-corrected chi connectivity index (χ2v) is 6.39. The molecule has 0 saturated heterocycles. The molecule has 0 aromatic heterocycles. The summed E-state index contributed by atoms with van der Waals surface area (Å²) in [5, 5.41) is 3.60. The van der Waals surface area contributed by atoms with E-state index in [4.69, 9.17) is 4.74 Å². The molecule has 2 saturated carbocycles. The Morgan fingerprint density at radius 1 is 1.12 bits per heavy atom. The maximum atomic E-state index is 6.36. The van der Waals surface area contributed by atoms with E-state index in [0.717, 1.165) is 19.1 Å². The normalized spacial score (nSPS) is 24.9. The molecule has 17 heavy (non-hydrogen) atoms. The van der Waals surface area contributed by atoms with Gasteiger partial charge < -0.3 is 10.1 Å². The van der Waals surface area contributed by atoms with Gasteiger partial charge in [-0.1, -0.05) is 39.5 Å². The average molecular weight is 239 g/mol. The first-order valence-corrected chi connectivity index (χ1v) is 7.58. The SMILES string of the molecule is CC(C)NCC1(OCC2CC2)CCCCCC1. The van der Waals surface area contributed by atoms with Gasteiger partial charge in [-0.25, -0.2) is 0 Å². The molecule has 0 radical (unpaired) electrons. The molecule has 0 spiro atoms. The van der Waals surface area contributed by atoms with Crippen LogP contribution in [-0.2, 0) is 4.74 Å². The summed E-state index contributed by atoms with van der Waals surface area (Å²) < 4.78 is 6.36. The second kappa shape index (κ2) is 6.19. The van der Waals surface area contributed by atoms with E-state index in [-0.39, 0.29) is 5.60 Å². The molecule has 2 rings (SSSR count). The fourth-order valence-corrected chi connectivity index (χ4v) is 2.71. The van der Waals surface area contributed by atoms with Gasteiger partial charge in [0.2, 0.25) is 0 Å². The summed E-state index contributed by atoms with van der Waals surface area (Å²) in [6.07, 6.45) is 10.8. The van der Waals surface area contributed by atoms with Gasteiger partial charge in [0, 0.05) is 12.6 Å². The topological polar surface area (TPSA) is 21.3 Å². The molecule has 2 aliphatic rings. The molecule has 0 aliphatic heterocycles. The van der Waals surface area contributed by atoms with Gasteiger partial charge in [0.1, 0.15) is 0 Å². The van der Waals surface area contributed by atoms with Crippen LogP contribution in [0.1, 0.15) is 65.2 Å². The van der Waals surface area contributed by atoms with E-state index in [1.165, 1.54) is 51.4 Å². The summed E-state index contributed by atoms with van der Waals surface area (Å²) in [5.74, 6) is 0.883. The van der Waals surface area contributed by atoms with E-state index in [1.54, 1.807) is 0 Å². The molecule has 0 heterocycles. The van der Waals surface area contributed by atoms with Crippen LogP contribution >= 0.6 is 0 Å². The Morgan fingerprint density at radius 3 is 2.29 bits per heavy atom. The molecule has 2 aliphatic carbocycles. The maximum absolute atomic E-state index is 6.36. The first-order valence-electron chi connectivity index (χ1n) is 7.58. The summed E-state index contributed by atoms with van der Waals surface area (Å²) in [4.78, 5) is 0. The van der Waals surface area contributed by atoms with Crippen molar-refractivity contribution in [1.82, 2.24) is 5.32 Å². The quantitative estimate of drug-likeness (QED) is 0.716. The van der Waals surface area contributed by atoms with E-state index >= 15 is 0 Å². The molecule has 0 aromatic rings. The van der Waals surface area contributed by atoms with E-state index < -0.39 is 0 Å². The van der Waals surface area contributed by atoms with Crippen molar-refractivity contribution in [2.24, 2.45) is 5.92 Å². The predicted molar refractivity (Wildman–Crippen MR) is 72.2 cm³/mol. The Bertz CT molecular complexity index is 207. The van der Waals surface area contributed by atoms with E-state index in [2.05, 4.69) is 19.2 Å². The van der Waals surface area contributed by atoms with Gasteiger partial charge in [0.25, 0.3) is 0 Å². The van der Waals surface area contributed by atoms with Crippen LogP contribution in [0.25, 0.3) is 0 Å². The fourth-order valence-electron chi connectivity index (χ4n) is 2.71. The van der Waals surface area contributed by atoms with Crippen molar-refractivity contribution in [1.29, 1.82) is 0 Å². The third-order valence-electron chi connectivity index (χ3n) is 4.17. The lowest BCUT2D eigenvalue weighted by molar-refractivity contribution is -0.0605. The predicted octanol–water partition coefficient (Wildman–Crippen LogP) is 3.50. The summed E-state index contributed by atoms with van der Waals surface area (Å²) in [7, 11) is 0. The lowest BCUT2D eigenvalue weighted by Crippen LogP contribution is -2.45. The number of rotatable bonds is 6. The first kappa shape index (κ1) is 13.4. The molecular weight excluding hydrogens is 210 g/mol. The fraction of sp³-hybridized carbons (Fsp3) is 1.00. The molecule has 0 amide bonds. The molecule has 0 aromatic carbocycles. The monoisotopic (exact) mass is 239 g/mol. The largest absolute Gasteiger partial charge is 0.373 e. The molecule has 0 unspecified atom stereocenters. The standard InChI is InChI=1S/C15H29NO/c1-13(2)16-12-15(17-11-14-7-8-14)9-5-3-4-6-10-15/h13-14,16H,3-12H2,1-2H3. The Balaban J connectivity index is 1.86. The van der Waals surface area contributed by atoms with Crippen molar-refractivity contribution >= 4 is 0 Å². The van der Waals surface area contributed by atoms with Crippen LogP contribution in [0.3, 0.4) is 0 Å². The molecule has 2 fully saturated rings. The molecule has 0 bridgehead atoms. The number of hydrogen-bond acceptors (Lipinski definition) is 2. The van der Waals surface area contributed by atoms with Gasteiger partial charge in [0.05, 0.1) is 12.2 Å². The number of ether oxygens (including phenoxy) is 1. The summed E-state index contributed by atoms with van der Waals surface area (Å²) in [6, 6.07) is 0.569. The van der Waals surface area contributed by atoms with Crippen LogP contribution in [0.2, 0.25) is 0 Å². The van der Waals surface area contributed by atoms with Crippen molar-refractivity contribution < 1.29 is 4.74 Å². The Labute approximate surface area is 107 Å². The van der Waals surface area contributed by atoms with E-state index in [9.17, 15) is 0 Å². The lowest BCUT2D eigenvalue weighted by atomic mass is 9.93. The van der Waals surface area contributed by atoms with Crippen molar-refractivity contribution in [2.75, 3.05) is 13.2 Å². The number of hydrogen-bond donors (Lipinski definition) is 1. The van der Waals surface area contributed by atoms with Crippen LogP contribution in [0, 0.1) is 5.92 Å². The third kappa shape index (κ3) is 4.59. The summed E-state index contributed by atoms with van der Waals surface area (Å²) in [5.41, 5.74) is 0.156. The average Bonchev–Trinajstić information content (AvgIpc) is 3.12. The van der Waals surface area contributed by atoms with Crippen LogP contribution in [-0.4, -0.2) is 24.8 Å². The van der Waals surface area contributed by atoms with Crippen molar-refractivity contribution in [3.8, 4) is 0 Å². The maximum Gasteiger partial charge on any atom is 0.0806 e. The minimum absolute atomic E-state index is 0.156. The van der Waals surface area contributed by atoms with Crippen LogP contribution in [0.5, 0.6) is 0 Å². The Hall–Kier alpha value is -0.0800. The van der Waals surface area contributed by atoms with Crippen LogP contribution in [0.4, 0.5) is 0 Å². The van der Waals surface area contributed by atoms with Gasteiger partial charge in [-0.05, 0) is 31.6 Å². The molecular formula is C15H29NO.